The molecule has 12 heavy (non-hydrogen) atoms. The molecule has 1 aromatic rings. The zero-order valence-corrected chi connectivity index (χ0v) is 9.49. The molecule has 0 N–H and O–H groups in total. The molecule has 0 aromatic heterocycles. The molecule has 0 heterocycles. The second-order valence-electron chi connectivity index (χ2n) is 2.54. The van der Waals surface area contributed by atoms with Crippen LogP contribution in [0.3, 0.4) is 0 Å². The molecule has 0 spiro atoms. The first-order valence-electron chi connectivity index (χ1n) is 3.91. The summed E-state index contributed by atoms with van der Waals surface area (Å²) >= 11 is 0. The minimum absolute atomic E-state index is 0. The van der Waals surface area contributed by atoms with E-state index in [0.29, 0.717) is 6.42 Å². The SMILES string of the molecule is O=CCCCc1ccccc1.[H-].[Na+]. The number of aryl methyl sites for hydroxylation is 1. The van der Waals surface area contributed by atoms with Gasteiger partial charge in [-0.05, 0) is 18.4 Å². The monoisotopic (exact) mass is 172 g/mol. The molecule has 1 aromatic carbocycles. The molecular formula is C10H13NaO. The number of benzene rings is 1. The van der Waals surface area contributed by atoms with Crippen LogP contribution in [0.2, 0.25) is 0 Å². The summed E-state index contributed by atoms with van der Waals surface area (Å²) in [6.45, 7) is 0. The van der Waals surface area contributed by atoms with Crippen molar-refractivity contribution in [3.63, 3.8) is 0 Å². The Balaban J connectivity index is 0. The number of carbonyl (C=O) groups excluding carboxylic acids is 1. The molecule has 0 atom stereocenters. The number of aldehydes is 1. The third kappa shape index (κ3) is 4.70. The molecule has 0 unspecified atom stereocenters. The van der Waals surface area contributed by atoms with E-state index in [9.17, 15) is 4.79 Å². The Morgan fingerprint density at radius 2 is 1.92 bits per heavy atom. The van der Waals surface area contributed by atoms with Gasteiger partial charge in [0.25, 0.3) is 0 Å². The van der Waals surface area contributed by atoms with Crippen LogP contribution in [0.1, 0.15) is 19.8 Å². The maximum atomic E-state index is 10.00. The van der Waals surface area contributed by atoms with Gasteiger partial charge in [0.15, 0.2) is 0 Å². The van der Waals surface area contributed by atoms with Gasteiger partial charge in [-0.15, -0.1) is 0 Å². The minimum Gasteiger partial charge on any atom is -1.00 e. The number of unbranched alkanes of at least 4 members (excludes halogenated alkanes) is 1. The summed E-state index contributed by atoms with van der Waals surface area (Å²) in [5.74, 6) is 0. The van der Waals surface area contributed by atoms with Crippen molar-refractivity contribution in [2.45, 2.75) is 19.3 Å². The standard InChI is InChI=1S/C10H12O.Na.H/c11-9-5-4-8-10-6-2-1-3-7-10;;/h1-3,6-7,9H,4-5,8H2;;/q;+1;-1. The van der Waals surface area contributed by atoms with Crippen LogP contribution in [0.15, 0.2) is 30.3 Å². The molecule has 0 fully saturated rings. The smallest absolute Gasteiger partial charge is 1.00 e. The Morgan fingerprint density at radius 3 is 2.50 bits per heavy atom. The molecule has 1 rings (SSSR count). The predicted molar refractivity (Wildman–Crippen MR) is 46.6 cm³/mol. The largest absolute Gasteiger partial charge is 1.00 e. The predicted octanol–water partition coefficient (Wildman–Crippen LogP) is -0.675. The third-order valence-electron chi connectivity index (χ3n) is 1.63. The Hall–Kier alpha value is -0.110. The fraction of sp³-hybridized carbons (Fsp3) is 0.300. The Morgan fingerprint density at radius 1 is 1.25 bits per heavy atom. The zero-order valence-electron chi connectivity index (χ0n) is 8.49. The maximum Gasteiger partial charge on any atom is 1.00 e. The molecule has 0 amide bonds. The normalized spacial score (nSPS) is 8.67. The first-order valence-corrected chi connectivity index (χ1v) is 3.91. The average Bonchev–Trinajstić information content (AvgIpc) is 2.07. The van der Waals surface area contributed by atoms with Crippen LogP contribution >= 0.6 is 0 Å². The quantitative estimate of drug-likeness (QED) is 0.334. The van der Waals surface area contributed by atoms with Crippen molar-refractivity contribution < 1.29 is 35.8 Å². The van der Waals surface area contributed by atoms with Gasteiger partial charge in [-0.1, -0.05) is 30.3 Å². The van der Waals surface area contributed by atoms with Crippen molar-refractivity contribution in [3.05, 3.63) is 35.9 Å². The molecule has 0 aliphatic heterocycles. The minimum atomic E-state index is 0. The van der Waals surface area contributed by atoms with Gasteiger partial charge in [0.1, 0.15) is 6.29 Å². The summed E-state index contributed by atoms with van der Waals surface area (Å²) in [4.78, 5) is 10.00. The van der Waals surface area contributed by atoms with E-state index < -0.39 is 0 Å². The molecule has 0 saturated heterocycles. The van der Waals surface area contributed by atoms with Crippen molar-refractivity contribution in [3.8, 4) is 0 Å². The van der Waals surface area contributed by atoms with Crippen LogP contribution in [-0.2, 0) is 11.2 Å². The van der Waals surface area contributed by atoms with Gasteiger partial charge in [0, 0.05) is 6.42 Å². The molecule has 0 radical (unpaired) electrons. The van der Waals surface area contributed by atoms with E-state index in [4.69, 9.17) is 0 Å². The molecular weight excluding hydrogens is 159 g/mol. The van der Waals surface area contributed by atoms with Gasteiger partial charge < -0.3 is 6.22 Å². The van der Waals surface area contributed by atoms with E-state index in [1.165, 1.54) is 5.56 Å². The summed E-state index contributed by atoms with van der Waals surface area (Å²) in [5, 5.41) is 0. The molecule has 60 valence electrons. The molecule has 0 aliphatic carbocycles. The van der Waals surface area contributed by atoms with E-state index in [1.54, 1.807) is 0 Å². The third-order valence-corrected chi connectivity index (χ3v) is 1.63. The van der Waals surface area contributed by atoms with E-state index in [0.717, 1.165) is 19.1 Å². The van der Waals surface area contributed by atoms with E-state index >= 15 is 0 Å². The first kappa shape index (κ1) is 11.9. The van der Waals surface area contributed by atoms with Gasteiger partial charge in [-0.2, -0.15) is 0 Å². The topological polar surface area (TPSA) is 17.1 Å². The molecule has 2 heteroatoms. The van der Waals surface area contributed by atoms with Crippen molar-refractivity contribution >= 4 is 6.29 Å². The first-order chi connectivity index (χ1) is 5.43. The summed E-state index contributed by atoms with van der Waals surface area (Å²) in [6, 6.07) is 10.2. The molecule has 0 aliphatic rings. The van der Waals surface area contributed by atoms with Gasteiger partial charge >= 0.3 is 29.6 Å². The van der Waals surface area contributed by atoms with Crippen molar-refractivity contribution in [1.29, 1.82) is 0 Å². The van der Waals surface area contributed by atoms with Gasteiger partial charge in [0.05, 0.1) is 0 Å². The number of hydrogen-bond donors (Lipinski definition) is 0. The summed E-state index contributed by atoms with van der Waals surface area (Å²) in [5.41, 5.74) is 1.31. The van der Waals surface area contributed by atoms with Crippen LogP contribution in [-0.4, -0.2) is 6.29 Å². The van der Waals surface area contributed by atoms with E-state index in [2.05, 4.69) is 12.1 Å². The fourth-order valence-electron chi connectivity index (χ4n) is 1.03. The second-order valence-corrected chi connectivity index (χ2v) is 2.54. The Bertz CT molecular complexity index is 213. The van der Waals surface area contributed by atoms with Crippen molar-refractivity contribution in [2.24, 2.45) is 0 Å². The van der Waals surface area contributed by atoms with Crippen molar-refractivity contribution in [2.75, 3.05) is 0 Å². The number of carbonyl (C=O) groups is 1. The van der Waals surface area contributed by atoms with Crippen LogP contribution in [0, 0.1) is 0 Å². The maximum absolute atomic E-state index is 10.00. The molecule has 0 bridgehead atoms. The molecule has 0 saturated carbocycles. The number of hydrogen-bond acceptors (Lipinski definition) is 1. The van der Waals surface area contributed by atoms with Crippen LogP contribution < -0.4 is 29.6 Å². The zero-order chi connectivity index (χ0) is 7.94. The number of rotatable bonds is 4. The van der Waals surface area contributed by atoms with Gasteiger partial charge in [-0.25, -0.2) is 0 Å². The van der Waals surface area contributed by atoms with E-state index in [1.807, 2.05) is 18.2 Å². The van der Waals surface area contributed by atoms with E-state index in [-0.39, 0.29) is 31.0 Å². The molecule has 1 nitrogen and oxygen atoms in total. The van der Waals surface area contributed by atoms with Crippen LogP contribution in [0.5, 0.6) is 0 Å². The van der Waals surface area contributed by atoms with Crippen LogP contribution in [0.25, 0.3) is 0 Å². The second kappa shape index (κ2) is 7.53. The van der Waals surface area contributed by atoms with Crippen molar-refractivity contribution in [1.82, 2.24) is 0 Å². The van der Waals surface area contributed by atoms with Crippen LogP contribution in [0.4, 0.5) is 0 Å². The van der Waals surface area contributed by atoms with Gasteiger partial charge in [0.2, 0.25) is 0 Å². The Labute approximate surface area is 97.0 Å². The fourth-order valence-corrected chi connectivity index (χ4v) is 1.03. The summed E-state index contributed by atoms with van der Waals surface area (Å²) < 4.78 is 0. The average molecular weight is 172 g/mol. The summed E-state index contributed by atoms with van der Waals surface area (Å²) in [7, 11) is 0. The summed E-state index contributed by atoms with van der Waals surface area (Å²) in [6.07, 6.45) is 3.63. The Kier molecular flexibility index (Phi) is 7.47. The van der Waals surface area contributed by atoms with Gasteiger partial charge in [-0.3, -0.25) is 0 Å².